The molecule has 2 fully saturated rings. The third kappa shape index (κ3) is 3.81. The van der Waals surface area contributed by atoms with E-state index >= 15 is 4.39 Å². The molecule has 1 aromatic carbocycles. The summed E-state index contributed by atoms with van der Waals surface area (Å²) >= 11 is 0. The highest BCUT2D eigenvalue weighted by Crippen LogP contribution is 2.34. The molecule has 3 aromatic heterocycles. The highest BCUT2D eigenvalue weighted by molar-refractivity contribution is 5.95. The predicted octanol–water partition coefficient (Wildman–Crippen LogP) is 3.09. The number of ether oxygens (including phenoxy) is 1. The summed E-state index contributed by atoms with van der Waals surface area (Å²) in [5, 5.41) is 12.0. The van der Waals surface area contributed by atoms with E-state index in [0.29, 0.717) is 72.5 Å². The molecule has 0 bridgehead atoms. The van der Waals surface area contributed by atoms with Gasteiger partial charge in [0.25, 0.3) is 0 Å². The maximum Gasteiger partial charge on any atom is 0.228 e. The average Bonchev–Trinajstić information content (AvgIpc) is 3.54. The summed E-state index contributed by atoms with van der Waals surface area (Å²) in [6, 6.07) is 6.74. The van der Waals surface area contributed by atoms with Crippen LogP contribution in [0, 0.1) is 5.82 Å². The molecule has 2 aliphatic heterocycles. The van der Waals surface area contributed by atoms with Crippen molar-refractivity contribution in [3.63, 3.8) is 0 Å². The molecular formula is C24H25FN8O2. The lowest BCUT2D eigenvalue weighted by Gasteiger charge is -2.33. The van der Waals surface area contributed by atoms with E-state index in [2.05, 4.69) is 20.2 Å². The number of fused-ring (bicyclic) bond motifs is 1. The number of anilines is 2. The Morgan fingerprint density at radius 3 is 2.86 bits per heavy atom. The quantitative estimate of drug-likeness (QED) is 0.483. The van der Waals surface area contributed by atoms with Crippen LogP contribution in [0.15, 0.2) is 36.7 Å². The van der Waals surface area contributed by atoms with Gasteiger partial charge < -0.3 is 14.5 Å². The van der Waals surface area contributed by atoms with Crippen LogP contribution in [0.1, 0.15) is 26.2 Å². The zero-order valence-corrected chi connectivity index (χ0v) is 19.3. The van der Waals surface area contributed by atoms with E-state index in [4.69, 9.17) is 14.7 Å². The summed E-state index contributed by atoms with van der Waals surface area (Å²) in [4.78, 5) is 25.7. The predicted molar refractivity (Wildman–Crippen MR) is 128 cm³/mol. The minimum absolute atomic E-state index is 0.0252. The summed E-state index contributed by atoms with van der Waals surface area (Å²) in [7, 11) is 0. The van der Waals surface area contributed by atoms with Gasteiger partial charge in [-0.3, -0.25) is 9.89 Å². The number of piperidine rings is 1. The molecule has 1 atom stereocenters. The number of halogens is 1. The molecule has 1 amide bonds. The van der Waals surface area contributed by atoms with Gasteiger partial charge in [-0.2, -0.15) is 19.9 Å². The van der Waals surface area contributed by atoms with Gasteiger partial charge in [0.2, 0.25) is 11.9 Å². The van der Waals surface area contributed by atoms with Crippen LogP contribution >= 0.6 is 0 Å². The van der Waals surface area contributed by atoms with Crippen LogP contribution in [0.3, 0.4) is 0 Å². The minimum Gasteiger partial charge on any atom is -0.377 e. The van der Waals surface area contributed by atoms with Crippen LogP contribution in [-0.2, 0) is 9.53 Å². The molecule has 0 aliphatic carbocycles. The molecule has 6 rings (SSSR count). The maximum absolute atomic E-state index is 15.6. The SMILES string of the molecule is C[C@@H]1COCCN1c1nc(-c2ccc(N3CCCCC3=O)cc2F)c2cnn(-c3ccn[nH]3)c2n1. The molecule has 2 aliphatic rings. The fraction of sp³-hybridized carbons (Fsp3) is 0.375. The van der Waals surface area contributed by atoms with Gasteiger partial charge in [-0.05, 0) is 38.0 Å². The van der Waals surface area contributed by atoms with Gasteiger partial charge in [-0.15, -0.1) is 0 Å². The number of nitrogens with zero attached hydrogens (tertiary/aromatic N) is 7. The third-order valence-electron chi connectivity index (χ3n) is 6.60. The number of amides is 1. The van der Waals surface area contributed by atoms with Gasteiger partial charge >= 0.3 is 0 Å². The summed E-state index contributed by atoms with van der Waals surface area (Å²) in [6.45, 7) is 4.40. The number of carbonyl (C=O) groups is 1. The standard InChI is InChI=1S/C24H25FN8O2/c1-15-14-35-11-10-31(15)24-28-22(18-13-27-33(23(18)29-24)20-7-8-26-30-20)17-6-5-16(12-19(17)25)32-9-3-2-4-21(32)34/h5-8,12-13,15H,2-4,9-11,14H2,1H3,(H,26,30)/t15-/m1/s1. The smallest absolute Gasteiger partial charge is 0.228 e. The van der Waals surface area contributed by atoms with Crippen molar-refractivity contribution in [1.82, 2.24) is 29.9 Å². The Labute approximate surface area is 200 Å². The van der Waals surface area contributed by atoms with Crippen molar-refractivity contribution >= 4 is 28.6 Å². The van der Waals surface area contributed by atoms with E-state index in [0.717, 1.165) is 12.8 Å². The van der Waals surface area contributed by atoms with E-state index in [-0.39, 0.29) is 11.9 Å². The van der Waals surface area contributed by atoms with Crippen LogP contribution in [0.2, 0.25) is 0 Å². The number of H-pyrrole nitrogens is 1. The third-order valence-corrected chi connectivity index (χ3v) is 6.60. The fourth-order valence-electron chi connectivity index (χ4n) is 4.74. The van der Waals surface area contributed by atoms with Crippen molar-refractivity contribution in [3.8, 4) is 17.1 Å². The van der Waals surface area contributed by atoms with Crippen molar-refractivity contribution in [1.29, 1.82) is 0 Å². The van der Waals surface area contributed by atoms with Gasteiger partial charge in [0, 0.05) is 36.8 Å². The fourth-order valence-corrected chi connectivity index (χ4v) is 4.74. The van der Waals surface area contributed by atoms with E-state index in [9.17, 15) is 4.79 Å². The van der Waals surface area contributed by atoms with Crippen molar-refractivity contribution in [3.05, 3.63) is 42.5 Å². The van der Waals surface area contributed by atoms with Crippen molar-refractivity contribution in [2.75, 3.05) is 36.1 Å². The van der Waals surface area contributed by atoms with Gasteiger partial charge in [-0.1, -0.05) is 0 Å². The maximum atomic E-state index is 15.6. The zero-order chi connectivity index (χ0) is 23.9. The average molecular weight is 477 g/mol. The van der Waals surface area contributed by atoms with Crippen LogP contribution < -0.4 is 9.80 Å². The second-order valence-electron chi connectivity index (χ2n) is 8.89. The molecule has 11 heteroatoms. The van der Waals surface area contributed by atoms with Crippen LogP contribution in [0.5, 0.6) is 0 Å². The highest BCUT2D eigenvalue weighted by atomic mass is 19.1. The first-order valence-corrected chi connectivity index (χ1v) is 11.8. The van der Waals surface area contributed by atoms with Gasteiger partial charge in [0.05, 0.1) is 42.7 Å². The first-order chi connectivity index (χ1) is 17.1. The number of benzene rings is 1. The number of morpholine rings is 1. The van der Waals surface area contributed by atoms with E-state index in [1.54, 1.807) is 40.2 Å². The van der Waals surface area contributed by atoms with Crippen LogP contribution in [0.25, 0.3) is 28.1 Å². The van der Waals surface area contributed by atoms with Crippen molar-refractivity contribution < 1.29 is 13.9 Å². The Morgan fingerprint density at radius 2 is 2.09 bits per heavy atom. The van der Waals surface area contributed by atoms with Gasteiger partial charge in [-0.25, -0.2) is 9.37 Å². The molecule has 2 saturated heterocycles. The summed E-state index contributed by atoms with van der Waals surface area (Å²) < 4.78 is 22.8. The van der Waals surface area contributed by atoms with Crippen molar-refractivity contribution in [2.45, 2.75) is 32.2 Å². The first kappa shape index (κ1) is 21.7. The summed E-state index contributed by atoms with van der Waals surface area (Å²) in [6.07, 6.45) is 5.55. The van der Waals surface area contributed by atoms with E-state index < -0.39 is 5.82 Å². The number of carbonyl (C=O) groups excluding carboxylic acids is 1. The zero-order valence-electron chi connectivity index (χ0n) is 19.3. The monoisotopic (exact) mass is 476 g/mol. The number of hydrogen-bond donors (Lipinski definition) is 1. The molecule has 0 radical (unpaired) electrons. The number of nitrogens with one attached hydrogen (secondary N) is 1. The van der Waals surface area contributed by atoms with Gasteiger partial charge in [0.1, 0.15) is 5.82 Å². The van der Waals surface area contributed by atoms with Gasteiger partial charge in [0.15, 0.2) is 11.5 Å². The molecule has 180 valence electrons. The van der Waals surface area contributed by atoms with E-state index in [1.807, 2.05) is 6.92 Å². The molecule has 4 aromatic rings. The minimum atomic E-state index is -0.448. The molecule has 10 nitrogen and oxygen atoms in total. The number of aromatic amines is 1. The Kier molecular flexibility index (Phi) is 5.40. The molecule has 1 N–H and O–H groups in total. The van der Waals surface area contributed by atoms with E-state index in [1.165, 1.54) is 6.07 Å². The van der Waals surface area contributed by atoms with Crippen molar-refractivity contribution in [2.24, 2.45) is 0 Å². The topological polar surface area (TPSA) is 105 Å². The Bertz CT molecular complexity index is 1390. The molecule has 0 saturated carbocycles. The first-order valence-electron chi connectivity index (χ1n) is 11.8. The normalized spacial score (nSPS) is 19.0. The number of aromatic nitrogens is 6. The number of hydrogen-bond acceptors (Lipinski definition) is 7. The Balaban J connectivity index is 1.50. The van der Waals surface area contributed by atoms with Crippen LogP contribution in [0.4, 0.5) is 16.0 Å². The lowest BCUT2D eigenvalue weighted by molar-refractivity contribution is -0.119. The van der Waals surface area contributed by atoms with Crippen LogP contribution in [-0.4, -0.2) is 68.2 Å². The lowest BCUT2D eigenvalue weighted by atomic mass is 10.1. The molecule has 35 heavy (non-hydrogen) atoms. The molecule has 0 spiro atoms. The highest BCUT2D eigenvalue weighted by Gasteiger charge is 2.26. The number of rotatable bonds is 4. The largest absolute Gasteiger partial charge is 0.377 e. The molecule has 5 heterocycles. The summed E-state index contributed by atoms with van der Waals surface area (Å²) in [5.74, 6) is 0.706. The second-order valence-corrected chi connectivity index (χ2v) is 8.89. The Hall–Kier alpha value is -3.86. The second kappa shape index (κ2) is 8.73. The molecular weight excluding hydrogens is 451 g/mol. The lowest BCUT2D eigenvalue weighted by Crippen LogP contribution is -2.44. The Morgan fingerprint density at radius 1 is 1.17 bits per heavy atom. The molecule has 0 unspecified atom stereocenters. The summed E-state index contributed by atoms with van der Waals surface area (Å²) in [5.41, 5.74) is 1.89.